The van der Waals surface area contributed by atoms with E-state index in [1.165, 1.54) is 0 Å². The molecule has 2 aromatic carbocycles. The van der Waals surface area contributed by atoms with E-state index in [1.54, 1.807) is 0 Å². The average Bonchev–Trinajstić information content (AvgIpc) is 2.68. The van der Waals surface area contributed by atoms with Gasteiger partial charge in [-0.05, 0) is 44.3 Å². The molecule has 1 aliphatic heterocycles. The van der Waals surface area contributed by atoms with Crippen molar-refractivity contribution in [2.24, 2.45) is 0 Å². The monoisotopic (exact) mass is 290 g/mol. The Kier molecular flexibility index (Phi) is 3.70. The Bertz CT molecular complexity index is 665. The zero-order valence-electron chi connectivity index (χ0n) is 13.6. The first-order chi connectivity index (χ1) is 10.3. The first-order valence-corrected chi connectivity index (χ1v) is 7.60. The second-order valence-electron chi connectivity index (χ2n) is 6.84. The van der Waals surface area contributed by atoms with Gasteiger partial charge in [-0.3, -0.25) is 0 Å². The molecule has 0 amide bonds. The fraction of sp³-hybridized carbons (Fsp3) is 0.333. The SMILES string of the molecule is [B]c1cc(B2OC(C)(C)C(C)(C)O2)cc(-c2ccccc2)c1. The Hall–Kier alpha value is -1.51. The summed E-state index contributed by atoms with van der Waals surface area (Å²) in [5.41, 5.74) is 3.17. The van der Waals surface area contributed by atoms with Crippen LogP contribution in [-0.2, 0) is 9.31 Å². The zero-order chi connectivity index (χ0) is 16.0. The van der Waals surface area contributed by atoms with Crippen LogP contribution < -0.4 is 10.9 Å². The van der Waals surface area contributed by atoms with Crippen LogP contribution in [0.25, 0.3) is 11.1 Å². The van der Waals surface area contributed by atoms with Crippen LogP contribution in [0.2, 0.25) is 0 Å². The molecule has 2 nitrogen and oxygen atoms in total. The van der Waals surface area contributed by atoms with E-state index in [2.05, 4.69) is 45.9 Å². The Morgan fingerprint density at radius 1 is 0.818 bits per heavy atom. The van der Waals surface area contributed by atoms with Gasteiger partial charge < -0.3 is 9.31 Å². The summed E-state index contributed by atoms with van der Waals surface area (Å²) < 4.78 is 12.2. The molecule has 0 bridgehead atoms. The lowest BCUT2D eigenvalue weighted by atomic mass is 9.75. The zero-order valence-corrected chi connectivity index (χ0v) is 13.6. The number of hydrogen-bond donors (Lipinski definition) is 0. The van der Waals surface area contributed by atoms with Crippen molar-refractivity contribution in [3.63, 3.8) is 0 Å². The van der Waals surface area contributed by atoms with E-state index in [4.69, 9.17) is 17.2 Å². The van der Waals surface area contributed by atoms with Crippen molar-refractivity contribution in [2.75, 3.05) is 0 Å². The smallest absolute Gasteiger partial charge is 0.399 e. The minimum Gasteiger partial charge on any atom is -0.399 e. The second kappa shape index (κ2) is 5.29. The molecule has 0 saturated carbocycles. The second-order valence-corrected chi connectivity index (χ2v) is 6.84. The summed E-state index contributed by atoms with van der Waals surface area (Å²) in [6.45, 7) is 8.21. The van der Waals surface area contributed by atoms with E-state index in [0.717, 1.165) is 16.6 Å². The lowest BCUT2D eigenvalue weighted by Crippen LogP contribution is -2.41. The summed E-state index contributed by atoms with van der Waals surface area (Å²) in [5, 5.41) is 0. The van der Waals surface area contributed by atoms with Gasteiger partial charge in [0.25, 0.3) is 0 Å². The van der Waals surface area contributed by atoms with Crippen molar-refractivity contribution in [3.8, 4) is 11.1 Å². The topological polar surface area (TPSA) is 18.5 Å². The highest BCUT2D eigenvalue weighted by Gasteiger charge is 2.51. The Morgan fingerprint density at radius 2 is 1.41 bits per heavy atom. The highest BCUT2D eigenvalue weighted by molar-refractivity contribution is 6.62. The molecule has 2 radical (unpaired) electrons. The van der Waals surface area contributed by atoms with Gasteiger partial charge in [0, 0.05) is 0 Å². The fourth-order valence-electron chi connectivity index (χ4n) is 2.59. The molecular weight excluding hydrogens is 270 g/mol. The van der Waals surface area contributed by atoms with E-state index in [1.807, 2.05) is 30.3 Å². The molecule has 0 aliphatic carbocycles. The van der Waals surface area contributed by atoms with Gasteiger partial charge in [-0.1, -0.05) is 54.0 Å². The maximum absolute atomic E-state index is 6.12. The summed E-state index contributed by atoms with van der Waals surface area (Å²) in [7, 11) is 5.70. The molecule has 22 heavy (non-hydrogen) atoms. The summed E-state index contributed by atoms with van der Waals surface area (Å²) in [6, 6.07) is 16.2. The normalized spacial score (nSPS) is 19.4. The van der Waals surface area contributed by atoms with Crippen LogP contribution in [-0.4, -0.2) is 26.2 Å². The fourth-order valence-corrected chi connectivity index (χ4v) is 2.59. The first-order valence-electron chi connectivity index (χ1n) is 7.60. The molecule has 3 rings (SSSR count). The van der Waals surface area contributed by atoms with Gasteiger partial charge in [-0.2, -0.15) is 0 Å². The molecule has 0 N–H and O–H groups in total. The molecule has 0 unspecified atom stereocenters. The van der Waals surface area contributed by atoms with Crippen molar-refractivity contribution in [2.45, 2.75) is 38.9 Å². The average molecular weight is 290 g/mol. The molecule has 2 aromatic rings. The largest absolute Gasteiger partial charge is 0.494 e. The predicted octanol–water partition coefficient (Wildman–Crippen LogP) is 2.45. The van der Waals surface area contributed by atoms with Gasteiger partial charge in [0.2, 0.25) is 0 Å². The quantitative estimate of drug-likeness (QED) is 0.791. The maximum Gasteiger partial charge on any atom is 0.494 e. The summed E-state index contributed by atoms with van der Waals surface area (Å²) >= 11 is 0. The first kappa shape index (κ1) is 15.4. The van der Waals surface area contributed by atoms with Crippen LogP contribution in [0.15, 0.2) is 48.5 Å². The van der Waals surface area contributed by atoms with Crippen LogP contribution >= 0.6 is 0 Å². The van der Waals surface area contributed by atoms with Crippen LogP contribution in [0.1, 0.15) is 27.7 Å². The standard InChI is InChI=1S/C18H20B2O2/c1-17(2)18(3,4)22-20(21-17)16-11-14(10-15(19)12-16)13-8-6-5-7-9-13/h5-12H,1-4H3. The van der Waals surface area contributed by atoms with E-state index < -0.39 is 7.12 Å². The van der Waals surface area contributed by atoms with Gasteiger partial charge in [0.15, 0.2) is 0 Å². The minimum absolute atomic E-state index is 0.352. The van der Waals surface area contributed by atoms with Gasteiger partial charge in [0.1, 0.15) is 7.85 Å². The highest BCUT2D eigenvalue weighted by Crippen LogP contribution is 2.36. The Morgan fingerprint density at radius 3 is 2.00 bits per heavy atom. The van der Waals surface area contributed by atoms with E-state index >= 15 is 0 Å². The molecule has 110 valence electrons. The van der Waals surface area contributed by atoms with Crippen LogP contribution in [0.3, 0.4) is 0 Å². The third-order valence-corrected chi connectivity index (χ3v) is 4.61. The van der Waals surface area contributed by atoms with E-state index in [0.29, 0.717) is 5.46 Å². The van der Waals surface area contributed by atoms with Crippen LogP contribution in [0.5, 0.6) is 0 Å². The summed E-state index contributed by atoms with van der Waals surface area (Å²) in [5.74, 6) is 0. The van der Waals surface area contributed by atoms with Gasteiger partial charge in [-0.15, -0.1) is 0 Å². The van der Waals surface area contributed by atoms with Crippen LogP contribution in [0, 0.1) is 0 Å². The molecule has 1 fully saturated rings. The number of benzene rings is 2. The Labute approximate surface area is 134 Å². The minimum atomic E-state index is -0.393. The third-order valence-electron chi connectivity index (χ3n) is 4.61. The molecule has 1 heterocycles. The maximum atomic E-state index is 6.12. The molecule has 1 aliphatic rings. The molecule has 0 spiro atoms. The van der Waals surface area contributed by atoms with Crippen molar-refractivity contribution in [1.82, 2.24) is 0 Å². The van der Waals surface area contributed by atoms with Crippen LogP contribution in [0.4, 0.5) is 0 Å². The van der Waals surface area contributed by atoms with E-state index in [9.17, 15) is 0 Å². The van der Waals surface area contributed by atoms with Gasteiger partial charge in [0.05, 0.1) is 11.2 Å². The molecule has 1 saturated heterocycles. The van der Waals surface area contributed by atoms with E-state index in [-0.39, 0.29) is 11.2 Å². The van der Waals surface area contributed by atoms with Gasteiger partial charge in [-0.25, -0.2) is 0 Å². The summed E-state index contributed by atoms with van der Waals surface area (Å²) in [4.78, 5) is 0. The summed E-state index contributed by atoms with van der Waals surface area (Å²) in [6.07, 6.45) is 0. The molecule has 0 aromatic heterocycles. The lowest BCUT2D eigenvalue weighted by Gasteiger charge is -2.32. The Balaban J connectivity index is 1.98. The third kappa shape index (κ3) is 2.73. The lowest BCUT2D eigenvalue weighted by molar-refractivity contribution is 0.00578. The van der Waals surface area contributed by atoms with Crippen molar-refractivity contribution in [1.29, 1.82) is 0 Å². The van der Waals surface area contributed by atoms with Crippen molar-refractivity contribution < 1.29 is 9.31 Å². The van der Waals surface area contributed by atoms with Gasteiger partial charge >= 0.3 is 7.12 Å². The number of rotatable bonds is 2. The molecular formula is C18H20B2O2. The highest BCUT2D eigenvalue weighted by atomic mass is 16.7. The van der Waals surface area contributed by atoms with Crippen molar-refractivity contribution >= 4 is 25.9 Å². The molecule has 4 heteroatoms. The predicted molar refractivity (Wildman–Crippen MR) is 93.0 cm³/mol. The van der Waals surface area contributed by atoms with Crippen molar-refractivity contribution in [3.05, 3.63) is 48.5 Å². The number of hydrogen-bond acceptors (Lipinski definition) is 2. The molecule has 0 atom stereocenters.